The first-order valence-electron chi connectivity index (χ1n) is 6.29. The highest BCUT2D eigenvalue weighted by molar-refractivity contribution is 7.89. The van der Waals surface area contributed by atoms with Crippen LogP contribution in [0, 0.1) is 0 Å². The van der Waals surface area contributed by atoms with Crippen LogP contribution in [-0.2, 0) is 14.3 Å². The second-order valence-electron chi connectivity index (χ2n) is 4.88. The summed E-state index contributed by atoms with van der Waals surface area (Å²) >= 11 is 0. The molecule has 1 saturated heterocycles. The number of likely N-dealkylation sites (tertiary alicyclic amines) is 1. The lowest BCUT2D eigenvalue weighted by atomic mass is 9.95. The van der Waals surface area contributed by atoms with Crippen LogP contribution in [0.25, 0.3) is 0 Å². The van der Waals surface area contributed by atoms with Crippen molar-refractivity contribution >= 4 is 10.1 Å². The molecular formula is C12H17NO3S. The molecule has 94 valence electrons. The van der Waals surface area contributed by atoms with E-state index in [4.69, 9.17) is 4.18 Å². The van der Waals surface area contributed by atoms with Gasteiger partial charge in [-0.25, -0.2) is 0 Å². The molecule has 1 aliphatic carbocycles. The van der Waals surface area contributed by atoms with E-state index >= 15 is 0 Å². The van der Waals surface area contributed by atoms with Crippen LogP contribution in [0.4, 0.5) is 0 Å². The topological polar surface area (TPSA) is 46.6 Å². The molecule has 0 N–H and O–H groups in total. The molecule has 5 heteroatoms. The van der Waals surface area contributed by atoms with E-state index in [0.717, 1.165) is 62.9 Å². The van der Waals surface area contributed by atoms with Crippen LogP contribution in [0.5, 0.6) is 0 Å². The van der Waals surface area contributed by atoms with Crippen molar-refractivity contribution in [2.75, 3.05) is 13.1 Å². The summed E-state index contributed by atoms with van der Waals surface area (Å²) < 4.78 is 28.5. The van der Waals surface area contributed by atoms with E-state index in [0.29, 0.717) is 5.76 Å². The fraction of sp³-hybridized carbons (Fsp3) is 0.667. The van der Waals surface area contributed by atoms with Crippen LogP contribution in [-0.4, -0.2) is 26.4 Å². The van der Waals surface area contributed by atoms with Gasteiger partial charge in [-0.15, -0.1) is 0 Å². The first-order chi connectivity index (χ1) is 8.16. The molecule has 0 aromatic carbocycles. The van der Waals surface area contributed by atoms with Crippen LogP contribution in [0.1, 0.15) is 38.5 Å². The number of hydrogen-bond donors (Lipinski definition) is 0. The van der Waals surface area contributed by atoms with Crippen molar-refractivity contribution in [1.29, 1.82) is 0 Å². The zero-order valence-electron chi connectivity index (χ0n) is 9.81. The summed E-state index contributed by atoms with van der Waals surface area (Å²) in [5.74, 6) is 0.695. The lowest BCUT2D eigenvalue weighted by Crippen LogP contribution is -2.26. The third kappa shape index (κ3) is 2.08. The summed E-state index contributed by atoms with van der Waals surface area (Å²) in [7, 11) is -3.50. The third-order valence-electron chi connectivity index (χ3n) is 3.65. The Hall–Kier alpha value is -0.970. The predicted octanol–water partition coefficient (Wildman–Crippen LogP) is 2.11. The maximum absolute atomic E-state index is 11.7. The maximum Gasteiger partial charge on any atom is 0.334 e. The molecule has 0 unspecified atom stereocenters. The summed E-state index contributed by atoms with van der Waals surface area (Å²) in [5.41, 5.74) is 2.04. The molecular weight excluding hydrogens is 238 g/mol. The van der Waals surface area contributed by atoms with Crippen molar-refractivity contribution in [2.24, 2.45) is 0 Å². The zero-order chi connectivity index (χ0) is 11.9. The van der Waals surface area contributed by atoms with E-state index < -0.39 is 10.1 Å². The molecule has 0 amide bonds. The number of allylic oxidation sites excluding steroid dienone is 2. The van der Waals surface area contributed by atoms with Gasteiger partial charge in [-0.3, -0.25) is 0 Å². The molecule has 0 radical (unpaired) electrons. The quantitative estimate of drug-likeness (QED) is 0.673. The minimum Gasteiger partial charge on any atom is -0.383 e. The Balaban J connectivity index is 2.01. The van der Waals surface area contributed by atoms with Gasteiger partial charge in [0.25, 0.3) is 0 Å². The molecule has 2 heterocycles. The van der Waals surface area contributed by atoms with E-state index in [-0.39, 0.29) is 0 Å². The molecule has 0 saturated carbocycles. The molecule has 0 spiro atoms. The summed E-state index contributed by atoms with van der Waals surface area (Å²) in [6.07, 6.45) is 6.18. The standard InChI is InChI=1S/C12H17NO3S/c14-17(15)9-11(13-7-3-4-8-13)10-5-1-2-6-12(10)16-17/h9H,1-8H2. The average molecular weight is 255 g/mol. The molecule has 0 aromatic heterocycles. The number of hydrogen-bond acceptors (Lipinski definition) is 4. The summed E-state index contributed by atoms with van der Waals surface area (Å²) in [6.45, 7) is 1.94. The first kappa shape index (κ1) is 11.1. The zero-order valence-corrected chi connectivity index (χ0v) is 10.6. The minimum atomic E-state index is -3.50. The van der Waals surface area contributed by atoms with Crippen LogP contribution < -0.4 is 0 Å². The lowest BCUT2D eigenvalue weighted by Gasteiger charge is -2.30. The Morgan fingerprint density at radius 3 is 2.53 bits per heavy atom. The Morgan fingerprint density at radius 2 is 1.76 bits per heavy atom. The van der Waals surface area contributed by atoms with Gasteiger partial charge in [-0.1, -0.05) is 0 Å². The van der Waals surface area contributed by atoms with Gasteiger partial charge < -0.3 is 9.08 Å². The van der Waals surface area contributed by atoms with E-state index in [1.165, 1.54) is 5.41 Å². The van der Waals surface area contributed by atoms with Gasteiger partial charge in [0.2, 0.25) is 0 Å². The van der Waals surface area contributed by atoms with E-state index in [2.05, 4.69) is 4.90 Å². The van der Waals surface area contributed by atoms with Gasteiger partial charge in [0.15, 0.2) is 0 Å². The highest BCUT2D eigenvalue weighted by Gasteiger charge is 2.31. The summed E-state index contributed by atoms with van der Waals surface area (Å²) in [4.78, 5) is 2.20. The second-order valence-corrected chi connectivity index (χ2v) is 6.27. The molecule has 0 bridgehead atoms. The van der Waals surface area contributed by atoms with Crippen LogP contribution in [0.15, 0.2) is 22.4 Å². The van der Waals surface area contributed by atoms with Gasteiger partial charge in [-0.05, 0) is 32.1 Å². The lowest BCUT2D eigenvalue weighted by molar-refractivity contribution is 0.350. The molecule has 0 aromatic rings. The Morgan fingerprint density at radius 1 is 1.06 bits per heavy atom. The Labute approximate surface area is 102 Å². The highest BCUT2D eigenvalue weighted by atomic mass is 32.2. The fourth-order valence-electron chi connectivity index (χ4n) is 2.84. The normalized spacial score (nSPS) is 27.5. The molecule has 2 aliphatic heterocycles. The minimum absolute atomic E-state index is 0.695. The molecule has 17 heavy (non-hydrogen) atoms. The summed E-state index contributed by atoms with van der Waals surface area (Å²) in [5, 5.41) is 1.32. The number of rotatable bonds is 1. The molecule has 3 rings (SSSR count). The number of nitrogens with zero attached hydrogens (tertiary/aromatic N) is 1. The maximum atomic E-state index is 11.7. The average Bonchev–Trinajstić information content (AvgIpc) is 2.80. The second kappa shape index (κ2) is 4.05. The monoisotopic (exact) mass is 255 g/mol. The van der Waals surface area contributed by atoms with Crippen molar-refractivity contribution in [2.45, 2.75) is 38.5 Å². The fourth-order valence-corrected chi connectivity index (χ4v) is 3.91. The van der Waals surface area contributed by atoms with E-state index in [1.807, 2.05) is 0 Å². The van der Waals surface area contributed by atoms with E-state index in [9.17, 15) is 8.42 Å². The smallest absolute Gasteiger partial charge is 0.334 e. The molecule has 4 nitrogen and oxygen atoms in total. The van der Waals surface area contributed by atoms with Crippen molar-refractivity contribution in [3.05, 3.63) is 22.4 Å². The Kier molecular flexibility index (Phi) is 2.65. The SMILES string of the molecule is O=S1(=O)C=C(N2CCCC2)C2=C(CCCC2)O1. The van der Waals surface area contributed by atoms with Gasteiger partial charge in [-0.2, -0.15) is 8.42 Å². The van der Waals surface area contributed by atoms with Crippen molar-refractivity contribution in [3.63, 3.8) is 0 Å². The van der Waals surface area contributed by atoms with Crippen molar-refractivity contribution < 1.29 is 12.6 Å². The molecule has 3 aliphatic rings. The van der Waals surface area contributed by atoms with Gasteiger partial charge in [0.1, 0.15) is 5.76 Å². The van der Waals surface area contributed by atoms with Crippen molar-refractivity contribution in [3.8, 4) is 0 Å². The molecule has 0 atom stereocenters. The summed E-state index contributed by atoms with van der Waals surface area (Å²) in [6, 6.07) is 0. The van der Waals surface area contributed by atoms with Gasteiger partial charge in [0.05, 0.1) is 11.1 Å². The van der Waals surface area contributed by atoms with Gasteiger partial charge >= 0.3 is 10.1 Å². The first-order valence-corrected chi connectivity index (χ1v) is 7.76. The Bertz CT molecular complexity index is 484. The molecule has 1 fully saturated rings. The van der Waals surface area contributed by atoms with E-state index in [1.54, 1.807) is 0 Å². The largest absolute Gasteiger partial charge is 0.383 e. The predicted molar refractivity (Wildman–Crippen MR) is 64.4 cm³/mol. The van der Waals surface area contributed by atoms with Crippen LogP contribution in [0.3, 0.4) is 0 Å². The van der Waals surface area contributed by atoms with Gasteiger partial charge in [0, 0.05) is 25.1 Å². The van der Waals surface area contributed by atoms with Crippen LogP contribution in [0.2, 0.25) is 0 Å². The third-order valence-corrected chi connectivity index (χ3v) is 4.59. The van der Waals surface area contributed by atoms with Crippen LogP contribution >= 0.6 is 0 Å². The highest BCUT2D eigenvalue weighted by Crippen LogP contribution is 2.38. The van der Waals surface area contributed by atoms with Crippen molar-refractivity contribution in [1.82, 2.24) is 4.90 Å².